The highest BCUT2D eigenvalue weighted by Crippen LogP contribution is 2.37. The minimum Gasteiger partial charge on any atom is -0.508 e. The predicted octanol–water partition coefficient (Wildman–Crippen LogP) is 4.53. The van der Waals surface area contributed by atoms with E-state index in [1.807, 2.05) is 31.2 Å². The van der Waals surface area contributed by atoms with Crippen molar-refractivity contribution in [2.45, 2.75) is 19.8 Å². The van der Waals surface area contributed by atoms with Crippen LogP contribution in [0.4, 0.5) is 0 Å². The molecule has 2 aromatic carbocycles. The molecule has 0 amide bonds. The molecule has 0 heterocycles. The van der Waals surface area contributed by atoms with E-state index in [9.17, 15) is 10.2 Å². The van der Waals surface area contributed by atoms with Gasteiger partial charge in [0.1, 0.15) is 11.5 Å². The summed E-state index contributed by atoms with van der Waals surface area (Å²) >= 11 is 0. The average molecular weight is 278 g/mol. The topological polar surface area (TPSA) is 40.5 Å². The molecular formula is C19H18O2. The van der Waals surface area contributed by atoms with Gasteiger partial charge in [0.25, 0.3) is 0 Å². The van der Waals surface area contributed by atoms with Crippen molar-refractivity contribution in [3.63, 3.8) is 0 Å². The van der Waals surface area contributed by atoms with Gasteiger partial charge in [0, 0.05) is 0 Å². The number of aromatic hydroxyl groups is 2. The van der Waals surface area contributed by atoms with Crippen LogP contribution in [-0.2, 0) is 6.42 Å². The largest absolute Gasteiger partial charge is 0.508 e. The van der Waals surface area contributed by atoms with Crippen LogP contribution in [0.1, 0.15) is 30.0 Å². The number of aryl methyl sites for hydroxylation is 1. The molecule has 1 aliphatic rings. The van der Waals surface area contributed by atoms with Crippen molar-refractivity contribution < 1.29 is 10.2 Å². The molecule has 0 saturated carbocycles. The van der Waals surface area contributed by atoms with E-state index in [0.717, 1.165) is 18.4 Å². The van der Waals surface area contributed by atoms with Gasteiger partial charge in [-0.15, -0.1) is 0 Å². The van der Waals surface area contributed by atoms with Crippen LogP contribution in [0.2, 0.25) is 0 Å². The summed E-state index contributed by atoms with van der Waals surface area (Å²) in [5.41, 5.74) is 5.80. The van der Waals surface area contributed by atoms with E-state index in [1.54, 1.807) is 18.2 Å². The highest BCUT2D eigenvalue weighted by molar-refractivity contribution is 6.06. The quantitative estimate of drug-likeness (QED) is 0.804. The Hall–Kier alpha value is -2.48. The molecule has 2 heteroatoms. The highest BCUT2D eigenvalue weighted by Gasteiger charge is 2.16. The molecule has 1 aliphatic carbocycles. The Kier molecular flexibility index (Phi) is 3.53. The fourth-order valence-electron chi connectivity index (χ4n) is 2.90. The first-order valence-electron chi connectivity index (χ1n) is 7.17. The summed E-state index contributed by atoms with van der Waals surface area (Å²) in [4.78, 5) is 0. The van der Waals surface area contributed by atoms with Gasteiger partial charge in [-0.3, -0.25) is 0 Å². The predicted molar refractivity (Wildman–Crippen MR) is 86.2 cm³/mol. The summed E-state index contributed by atoms with van der Waals surface area (Å²) in [5, 5.41) is 19.1. The first-order chi connectivity index (χ1) is 10.2. The van der Waals surface area contributed by atoms with Crippen molar-refractivity contribution in [1.82, 2.24) is 0 Å². The Morgan fingerprint density at radius 3 is 2.38 bits per heavy atom. The number of allylic oxidation sites excluding steroid dienone is 4. The van der Waals surface area contributed by atoms with Crippen LogP contribution in [0.25, 0.3) is 11.1 Å². The Morgan fingerprint density at radius 1 is 0.952 bits per heavy atom. The van der Waals surface area contributed by atoms with Gasteiger partial charge in [-0.1, -0.05) is 30.4 Å². The van der Waals surface area contributed by atoms with Gasteiger partial charge in [0.2, 0.25) is 0 Å². The maximum absolute atomic E-state index is 9.69. The summed E-state index contributed by atoms with van der Waals surface area (Å²) in [6.07, 6.45) is 6.20. The van der Waals surface area contributed by atoms with E-state index >= 15 is 0 Å². The maximum Gasteiger partial charge on any atom is 0.115 e. The summed E-state index contributed by atoms with van der Waals surface area (Å²) in [7, 11) is 0. The number of hydrogen-bond donors (Lipinski definition) is 2. The molecule has 0 atom stereocenters. The third kappa shape index (κ3) is 2.57. The van der Waals surface area contributed by atoms with E-state index in [2.05, 4.69) is 12.2 Å². The standard InChI is InChI=1S/C19H18O2/c1-2-17-18(13-6-8-15(20)9-7-13)5-3-4-14-12-16(21)10-11-19(14)17/h2,5-12,20-21H,3-4H2,1H3/b17-2-. The van der Waals surface area contributed by atoms with Crippen molar-refractivity contribution in [2.24, 2.45) is 0 Å². The van der Waals surface area contributed by atoms with Crippen molar-refractivity contribution in [1.29, 1.82) is 0 Å². The maximum atomic E-state index is 9.69. The fourth-order valence-corrected chi connectivity index (χ4v) is 2.90. The van der Waals surface area contributed by atoms with E-state index in [-0.39, 0.29) is 5.75 Å². The lowest BCUT2D eigenvalue weighted by atomic mass is 9.91. The van der Waals surface area contributed by atoms with Crippen molar-refractivity contribution in [2.75, 3.05) is 0 Å². The van der Waals surface area contributed by atoms with Gasteiger partial charge in [-0.05, 0) is 71.9 Å². The second kappa shape index (κ2) is 5.49. The molecule has 0 aromatic heterocycles. The van der Waals surface area contributed by atoms with Crippen LogP contribution in [0.3, 0.4) is 0 Å². The zero-order chi connectivity index (χ0) is 14.8. The lowest BCUT2D eigenvalue weighted by molar-refractivity contribution is 0.474. The third-order valence-corrected chi connectivity index (χ3v) is 3.90. The summed E-state index contributed by atoms with van der Waals surface area (Å²) in [6.45, 7) is 2.03. The molecule has 2 nitrogen and oxygen atoms in total. The van der Waals surface area contributed by atoms with Crippen LogP contribution in [0.15, 0.2) is 54.6 Å². The third-order valence-electron chi connectivity index (χ3n) is 3.90. The monoisotopic (exact) mass is 278 g/mol. The second-order valence-electron chi connectivity index (χ2n) is 5.25. The first kappa shape index (κ1) is 13.5. The van der Waals surface area contributed by atoms with Gasteiger partial charge in [0.05, 0.1) is 0 Å². The zero-order valence-electron chi connectivity index (χ0n) is 12.0. The average Bonchev–Trinajstić information content (AvgIpc) is 2.66. The highest BCUT2D eigenvalue weighted by atomic mass is 16.3. The van der Waals surface area contributed by atoms with E-state index < -0.39 is 0 Å². The summed E-state index contributed by atoms with van der Waals surface area (Å²) < 4.78 is 0. The molecule has 0 saturated heterocycles. The molecule has 0 unspecified atom stereocenters. The van der Waals surface area contributed by atoms with Gasteiger partial charge in [-0.25, -0.2) is 0 Å². The summed E-state index contributed by atoms with van der Waals surface area (Å²) in [6, 6.07) is 12.9. The minimum absolute atomic E-state index is 0.278. The van der Waals surface area contributed by atoms with Gasteiger partial charge >= 0.3 is 0 Å². The molecule has 0 fully saturated rings. The fraction of sp³-hybridized carbons (Fsp3) is 0.158. The molecule has 0 bridgehead atoms. The van der Waals surface area contributed by atoms with Crippen LogP contribution in [0.5, 0.6) is 11.5 Å². The minimum atomic E-state index is 0.278. The number of rotatable bonds is 1. The van der Waals surface area contributed by atoms with Gasteiger partial charge in [0.15, 0.2) is 0 Å². The molecule has 106 valence electrons. The molecule has 0 spiro atoms. The van der Waals surface area contributed by atoms with Gasteiger partial charge in [-0.2, -0.15) is 0 Å². The van der Waals surface area contributed by atoms with Crippen molar-refractivity contribution in [3.8, 4) is 11.5 Å². The Labute approximate surface area is 124 Å². The Balaban J connectivity index is 2.12. The van der Waals surface area contributed by atoms with Gasteiger partial charge < -0.3 is 10.2 Å². The molecule has 2 N–H and O–H groups in total. The molecule has 2 aromatic rings. The van der Waals surface area contributed by atoms with Crippen molar-refractivity contribution >= 4 is 11.1 Å². The normalized spacial score (nSPS) is 16.2. The number of phenolic OH excluding ortho intramolecular Hbond substituents is 2. The summed E-state index contributed by atoms with van der Waals surface area (Å²) in [5.74, 6) is 0.595. The van der Waals surface area contributed by atoms with Crippen LogP contribution < -0.4 is 0 Å². The first-order valence-corrected chi connectivity index (χ1v) is 7.17. The molecular weight excluding hydrogens is 260 g/mol. The Bertz CT molecular complexity index is 722. The SMILES string of the molecule is C/C=C1/C(c2ccc(O)cc2)=CCCc2cc(O)ccc21. The zero-order valence-corrected chi connectivity index (χ0v) is 12.0. The van der Waals surface area contributed by atoms with Crippen LogP contribution in [-0.4, -0.2) is 10.2 Å². The molecule has 21 heavy (non-hydrogen) atoms. The number of hydrogen-bond acceptors (Lipinski definition) is 2. The molecule has 3 rings (SSSR count). The second-order valence-corrected chi connectivity index (χ2v) is 5.25. The number of benzene rings is 2. The smallest absolute Gasteiger partial charge is 0.115 e. The lowest BCUT2D eigenvalue weighted by Gasteiger charge is -2.14. The van der Waals surface area contributed by atoms with Crippen molar-refractivity contribution in [3.05, 3.63) is 71.3 Å². The van der Waals surface area contributed by atoms with Crippen LogP contribution in [0, 0.1) is 0 Å². The van der Waals surface area contributed by atoms with E-state index in [1.165, 1.54) is 22.3 Å². The van der Waals surface area contributed by atoms with E-state index in [0.29, 0.717) is 5.75 Å². The number of fused-ring (bicyclic) bond motifs is 1. The molecule has 0 radical (unpaired) electrons. The van der Waals surface area contributed by atoms with Crippen LogP contribution >= 0.6 is 0 Å². The van der Waals surface area contributed by atoms with E-state index in [4.69, 9.17) is 0 Å². The number of phenols is 2. The lowest BCUT2D eigenvalue weighted by Crippen LogP contribution is -1.93. The Morgan fingerprint density at radius 2 is 1.67 bits per heavy atom. The molecule has 0 aliphatic heterocycles.